The van der Waals surface area contributed by atoms with Crippen LogP contribution in [0.1, 0.15) is 56.6 Å². The van der Waals surface area contributed by atoms with Gasteiger partial charge in [0.15, 0.2) is 0 Å². The first kappa shape index (κ1) is 23.3. The topological polar surface area (TPSA) is 105 Å². The second-order valence-corrected chi connectivity index (χ2v) is 8.18. The number of benzene rings is 2. The van der Waals surface area contributed by atoms with Crippen molar-refractivity contribution in [3.63, 3.8) is 0 Å². The summed E-state index contributed by atoms with van der Waals surface area (Å²) in [6, 6.07) is 15.7. The number of alkyl carbamates (subject to hydrolysis) is 1. The summed E-state index contributed by atoms with van der Waals surface area (Å²) in [6.07, 6.45) is 0.485. The molecule has 2 aromatic carbocycles. The molecule has 7 heteroatoms. The van der Waals surface area contributed by atoms with E-state index in [1.807, 2.05) is 31.2 Å². The van der Waals surface area contributed by atoms with E-state index in [2.05, 4.69) is 34.9 Å². The Morgan fingerprint density at radius 1 is 1.00 bits per heavy atom. The van der Waals surface area contributed by atoms with E-state index in [0.29, 0.717) is 12.8 Å². The number of rotatable bonds is 10. The van der Waals surface area contributed by atoms with Crippen molar-refractivity contribution in [2.45, 2.75) is 57.5 Å². The molecule has 3 rings (SSSR count). The lowest BCUT2D eigenvalue weighted by Crippen LogP contribution is -2.41. The van der Waals surface area contributed by atoms with Gasteiger partial charge in [0.2, 0.25) is 5.91 Å². The molecule has 0 spiro atoms. The molecule has 32 heavy (non-hydrogen) atoms. The maximum Gasteiger partial charge on any atom is 0.407 e. The highest BCUT2D eigenvalue weighted by Gasteiger charge is 2.29. The second kappa shape index (κ2) is 10.8. The van der Waals surface area contributed by atoms with Crippen LogP contribution in [0.25, 0.3) is 11.1 Å². The van der Waals surface area contributed by atoms with Crippen LogP contribution < -0.4 is 10.6 Å². The van der Waals surface area contributed by atoms with Crippen LogP contribution >= 0.6 is 0 Å². The van der Waals surface area contributed by atoms with E-state index in [9.17, 15) is 14.4 Å². The summed E-state index contributed by atoms with van der Waals surface area (Å²) < 4.78 is 5.55. The molecule has 1 aliphatic rings. The number of amides is 2. The molecule has 0 saturated carbocycles. The third-order valence-electron chi connectivity index (χ3n) is 5.79. The Balaban J connectivity index is 1.52. The Labute approximate surface area is 188 Å². The summed E-state index contributed by atoms with van der Waals surface area (Å²) in [5.74, 6) is -1.14. The van der Waals surface area contributed by atoms with Crippen molar-refractivity contribution in [3.8, 4) is 11.1 Å². The standard InChI is InChI=1S/C25H30N2O5/c1-3-17(14-23(28)26-16(2)12-13-24(29)30)27-25(31)32-15-22-20-10-6-4-8-18(20)19-9-5-7-11-21(19)22/h4-11,16-17,22H,3,12-15H2,1-2H3,(H,26,28)(H,27,31)(H,29,30). The number of carbonyl (C=O) groups is 3. The molecule has 0 radical (unpaired) electrons. The molecule has 0 heterocycles. The van der Waals surface area contributed by atoms with Crippen molar-refractivity contribution >= 4 is 18.0 Å². The number of carboxylic acid groups (broad SMARTS) is 1. The molecule has 1 aliphatic carbocycles. The van der Waals surface area contributed by atoms with E-state index in [-0.39, 0.29) is 43.4 Å². The first-order chi connectivity index (χ1) is 15.4. The first-order valence-corrected chi connectivity index (χ1v) is 11.0. The highest BCUT2D eigenvalue weighted by atomic mass is 16.5. The van der Waals surface area contributed by atoms with Crippen molar-refractivity contribution in [2.75, 3.05) is 6.61 Å². The summed E-state index contributed by atoms with van der Waals surface area (Å²) in [4.78, 5) is 35.3. The van der Waals surface area contributed by atoms with E-state index >= 15 is 0 Å². The fourth-order valence-electron chi connectivity index (χ4n) is 4.07. The molecule has 2 amide bonds. The number of nitrogens with one attached hydrogen (secondary N) is 2. The molecule has 0 bridgehead atoms. The SMILES string of the molecule is CCC(CC(=O)NC(C)CCC(=O)O)NC(=O)OCC1c2ccccc2-c2ccccc21. The van der Waals surface area contributed by atoms with Crippen LogP contribution in [0.4, 0.5) is 4.79 Å². The van der Waals surface area contributed by atoms with Gasteiger partial charge in [-0.3, -0.25) is 9.59 Å². The largest absolute Gasteiger partial charge is 0.481 e. The lowest BCUT2D eigenvalue weighted by atomic mass is 9.98. The van der Waals surface area contributed by atoms with E-state index < -0.39 is 12.1 Å². The number of aliphatic carboxylic acids is 1. The third kappa shape index (κ3) is 5.87. The minimum atomic E-state index is -0.894. The van der Waals surface area contributed by atoms with E-state index in [0.717, 1.165) is 22.3 Å². The zero-order chi connectivity index (χ0) is 23.1. The summed E-state index contributed by atoms with van der Waals surface area (Å²) in [5.41, 5.74) is 4.61. The fraction of sp³-hybridized carbons (Fsp3) is 0.400. The maximum absolute atomic E-state index is 12.4. The van der Waals surface area contributed by atoms with Crippen molar-refractivity contribution in [1.82, 2.24) is 10.6 Å². The van der Waals surface area contributed by atoms with Gasteiger partial charge in [0.1, 0.15) is 6.61 Å². The Hall–Kier alpha value is -3.35. The van der Waals surface area contributed by atoms with Gasteiger partial charge in [-0.1, -0.05) is 55.5 Å². The lowest BCUT2D eigenvalue weighted by Gasteiger charge is -2.20. The van der Waals surface area contributed by atoms with Crippen LogP contribution in [0, 0.1) is 0 Å². The number of carboxylic acids is 1. The van der Waals surface area contributed by atoms with Gasteiger partial charge in [0.25, 0.3) is 0 Å². The maximum atomic E-state index is 12.4. The van der Waals surface area contributed by atoms with Crippen molar-refractivity contribution < 1.29 is 24.2 Å². The Morgan fingerprint density at radius 2 is 1.59 bits per heavy atom. The zero-order valence-electron chi connectivity index (χ0n) is 18.5. The van der Waals surface area contributed by atoms with Gasteiger partial charge < -0.3 is 20.5 Å². The summed E-state index contributed by atoms with van der Waals surface area (Å²) in [7, 11) is 0. The van der Waals surface area contributed by atoms with Crippen molar-refractivity contribution in [1.29, 1.82) is 0 Å². The Bertz CT molecular complexity index is 929. The van der Waals surface area contributed by atoms with Crippen LogP contribution in [-0.2, 0) is 14.3 Å². The number of carbonyl (C=O) groups excluding carboxylic acids is 2. The first-order valence-electron chi connectivity index (χ1n) is 11.0. The minimum Gasteiger partial charge on any atom is -0.481 e. The van der Waals surface area contributed by atoms with Gasteiger partial charge in [-0.25, -0.2) is 4.79 Å². The molecule has 2 atom stereocenters. The summed E-state index contributed by atoms with van der Waals surface area (Å²) in [5, 5.41) is 14.3. The molecule has 0 aromatic heterocycles. The quantitative estimate of drug-likeness (QED) is 0.519. The second-order valence-electron chi connectivity index (χ2n) is 8.18. The van der Waals surface area contributed by atoms with E-state index in [1.54, 1.807) is 6.92 Å². The smallest absolute Gasteiger partial charge is 0.407 e. The Morgan fingerprint density at radius 3 is 2.16 bits per heavy atom. The fourth-order valence-corrected chi connectivity index (χ4v) is 4.07. The average molecular weight is 439 g/mol. The van der Waals surface area contributed by atoms with Crippen LogP contribution in [0.3, 0.4) is 0 Å². The lowest BCUT2D eigenvalue weighted by molar-refractivity contribution is -0.137. The van der Waals surface area contributed by atoms with Gasteiger partial charge in [0, 0.05) is 30.8 Å². The van der Waals surface area contributed by atoms with Gasteiger partial charge in [-0.2, -0.15) is 0 Å². The highest BCUT2D eigenvalue weighted by molar-refractivity contribution is 5.79. The molecular weight excluding hydrogens is 408 g/mol. The zero-order valence-corrected chi connectivity index (χ0v) is 18.5. The molecule has 3 N–H and O–H groups in total. The molecule has 0 fully saturated rings. The number of hydrogen-bond donors (Lipinski definition) is 3. The molecule has 7 nitrogen and oxygen atoms in total. The average Bonchev–Trinajstić information content (AvgIpc) is 3.09. The van der Waals surface area contributed by atoms with Crippen LogP contribution in [0.15, 0.2) is 48.5 Å². The van der Waals surface area contributed by atoms with E-state index in [1.165, 1.54) is 0 Å². The van der Waals surface area contributed by atoms with Crippen molar-refractivity contribution in [3.05, 3.63) is 59.7 Å². The molecule has 0 saturated heterocycles. The highest BCUT2D eigenvalue weighted by Crippen LogP contribution is 2.44. The van der Waals surface area contributed by atoms with E-state index in [4.69, 9.17) is 9.84 Å². The molecule has 2 unspecified atom stereocenters. The molecule has 2 aromatic rings. The number of ether oxygens (including phenoxy) is 1. The Kier molecular flexibility index (Phi) is 7.87. The van der Waals surface area contributed by atoms with Crippen LogP contribution in [0.2, 0.25) is 0 Å². The molecule has 0 aliphatic heterocycles. The predicted octanol–water partition coefficient (Wildman–Crippen LogP) is 4.06. The van der Waals surface area contributed by atoms with Crippen LogP contribution in [0.5, 0.6) is 0 Å². The predicted molar refractivity (Wildman–Crippen MR) is 121 cm³/mol. The van der Waals surface area contributed by atoms with Gasteiger partial charge in [-0.15, -0.1) is 0 Å². The minimum absolute atomic E-state index is 0.00332. The number of fused-ring (bicyclic) bond motifs is 3. The van der Waals surface area contributed by atoms with Gasteiger partial charge in [0.05, 0.1) is 0 Å². The molecular formula is C25H30N2O5. The van der Waals surface area contributed by atoms with Gasteiger partial charge in [-0.05, 0) is 42.0 Å². The third-order valence-corrected chi connectivity index (χ3v) is 5.79. The van der Waals surface area contributed by atoms with Gasteiger partial charge >= 0.3 is 12.1 Å². The van der Waals surface area contributed by atoms with Crippen LogP contribution in [-0.4, -0.2) is 41.8 Å². The summed E-state index contributed by atoms with van der Waals surface area (Å²) in [6.45, 7) is 3.87. The normalized spacial score (nSPS) is 14.1. The van der Waals surface area contributed by atoms with Crippen molar-refractivity contribution in [2.24, 2.45) is 0 Å². The molecule has 170 valence electrons. The summed E-state index contributed by atoms with van der Waals surface area (Å²) >= 11 is 0. The monoisotopic (exact) mass is 438 g/mol. The number of hydrogen-bond acceptors (Lipinski definition) is 4.